The molecule has 2 aromatic carbocycles. The molecule has 0 heterocycles. The maximum Gasteiger partial charge on any atom is 0.282 e. The SMILES string of the molecule is O=C(NCc1cccc(Cl)c1)c1ccccc1[N+](=O)[O-]. The first-order chi connectivity index (χ1) is 9.58. The second kappa shape index (κ2) is 6.16. The standard InChI is InChI=1S/C14H11ClN2O3/c15-11-5-3-4-10(8-11)9-16-14(18)12-6-1-2-7-13(12)17(19)20/h1-8H,9H2,(H,16,18). The molecular formula is C14H11ClN2O3. The summed E-state index contributed by atoms with van der Waals surface area (Å²) >= 11 is 5.84. The van der Waals surface area contributed by atoms with E-state index in [1.54, 1.807) is 24.3 Å². The van der Waals surface area contributed by atoms with Gasteiger partial charge >= 0.3 is 0 Å². The van der Waals surface area contributed by atoms with Crippen LogP contribution >= 0.6 is 11.6 Å². The number of para-hydroxylation sites is 1. The molecule has 102 valence electrons. The molecule has 0 aromatic heterocycles. The number of carbonyl (C=O) groups excluding carboxylic acids is 1. The van der Waals surface area contributed by atoms with E-state index >= 15 is 0 Å². The quantitative estimate of drug-likeness (QED) is 0.694. The molecule has 0 aliphatic carbocycles. The second-order valence-corrected chi connectivity index (χ2v) is 4.52. The summed E-state index contributed by atoms with van der Waals surface area (Å²) in [6.45, 7) is 0.255. The molecular weight excluding hydrogens is 280 g/mol. The molecule has 2 aromatic rings. The van der Waals surface area contributed by atoms with Gasteiger partial charge in [0.05, 0.1) is 4.92 Å². The van der Waals surface area contributed by atoms with Crippen LogP contribution in [0, 0.1) is 10.1 Å². The van der Waals surface area contributed by atoms with Crippen LogP contribution in [0.1, 0.15) is 15.9 Å². The fourth-order valence-corrected chi connectivity index (χ4v) is 1.96. The molecule has 0 atom stereocenters. The van der Waals surface area contributed by atoms with Crippen LogP contribution in [0.3, 0.4) is 0 Å². The van der Waals surface area contributed by atoms with Gasteiger partial charge in [-0.05, 0) is 23.8 Å². The molecule has 1 amide bonds. The Hall–Kier alpha value is -2.40. The van der Waals surface area contributed by atoms with E-state index in [9.17, 15) is 14.9 Å². The van der Waals surface area contributed by atoms with Crippen LogP contribution in [0.5, 0.6) is 0 Å². The topological polar surface area (TPSA) is 72.2 Å². The van der Waals surface area contributed by atoms with Crippen molar-refractivity contribution in [2.45, 2.75) is 6.54 Å². The number of rotatable bonds is 4. The van der Waals surface area contributed by atoms with Gasteiger partial charge < -0.3 is 5.32 Å². The molecule has 0 aliphatic heterocycles. The maximum atomic E-state index is 12.0. The number of hydrogen-bond acceptors (Lipinski definition) is 3. The number of halogens is 1. The Bertz CT molecular complexity index is 658. The van der Waals surface area contributed by atoms with Gasteiger partial charge in [0, 0.05) is 17.6 Å². The molecule has 0 radical (unpaired) electrons. The zero-order chi connectivity index (χ0) is 14.5. The van der Waals surface area contributed by atoms with E-state index in [1.807, 2.05) is 6.07 Å². The lowest BCUT2D eigenvalue weighted by atomic mass is 10.1. The second-order valence-electron chi connectivity index (χ2n) is 4.09. The Morgan fingerprint density at radius 2 is 1.95 bits per heavy atom. The van der Waals surface area contributed by atoms with E-state index in [4.69, 9.17) is 11.6 Å². The molecule has 2 rings (SSSR count). The van der Waals surface area contributed by atoms with Crippen LogP contribution in [-0.2, 0) is 6.54 Å². The average molecular weight is 291 g/mol. The first kappa shape index (κ1) is 14.0. The molecule has 5 nitrogen and oxygen atoms in total. The van der Waals surface area contributed by atoms with E-state index < -0.39 is 10.8 Å². The zero-order valence-corrected chi connectivity index (χ0v) is 11.1. The molecule has 0 spiro atoms. The van der Waals surface area contributed by atoms with Gasteiger partial charge in [-0.3, -0.25) is 14.9 Å². The minimum atomic E-state index is -0.575. The summed E-state index contributed by atoms with van der Waals surface area (Å²) < 4.78 is 0. The Balaban J connectivity index is 2.11. The predicted molar refractivity (Wildman–Crippen MR) is 75.7 cm³/mol. The normalized spacial score (nSPS) is 10.1. The van der Waals surface area contributed by atoms with Gasteiger partial charge in [-0.2, -0.15) is 0 Å². The highest BCUT2D eigenvalue weighted by Crippen LogP contribution is 2.17. The molecule has 0 saturated heterocycles. The lowest BCUT2D eigenvalue weighted by molar-refractivity contribution is -0.385. The molecule has 0 unspecified atom stereocenters. The lowest BCUT2D eigenvalue weighted by Crippen LogP contribution is -2.23. The number of benzene rings is 2. The zero-order valence-electron chi connectivity index (χ0n) is 10.4. The lowest BCUT2D eigenvalue weighted by Gasteiger charge is -2.06. The minimum Gasteiger partial charge on any atom is -0.348 e. The highest BCUT2D eigenvalue weighted by molar-refractivity contribution is 6.30. The van der Waals surface area contributed by atoms with Crippen molar-refractivity contribution < 1.29 is 9.72 Å². The third-order valence-corrected chi connectivity index (χ3v) is 2.92. The van der Waals surface area contributed by atoms with E-state index in [0.29, 0.717) is 5.02 Å². The van der Waals surface area contributed by atoms with E-state index in [2.05, 4.69) is 5.32 Å². The molecule has 0 saturated carbocycles. The van der Waals surface area contributed by atoms with Gasteiger partial charge in [0.2, 0.25) is 0 Å². The summed E-state index contributed by atoms with van der Waals surface area (Å²) in [5.41, 5.74) is 0.653. The molecule has 0 aliphatic rings. The number of nitro groups is 1. The number of nitrogens with zero attached hydrogens (tertiary/aromatic N) is 1. The van der Waals surface area contributed by atoms with Gasteiger partial charge in [-0.1, -0.05) is 35.9 Å². The highest BCUT2D eigenvalue weighted by Gasteiger charge is 2.18. The van der Waals surface area contributed by atoms with Gasteiger partial charge in [-0.15, -0.1) is 0 Å². The van der Waals surface area contributed by atoms with Crippen molar-refractivity contribution in [3.63, 3.8) is 0 Å². The molecule has 6 heteroatoms. The molecule has 0 fully saturated rings. The predicted octanol–water partition coefficient (Wildman–Crippen LogP) is 3.18. The van der Waals surface area contributed by atoms with Crippen molar-refractivity contribution in [1.82, 2.24) is 5.32 Å². The maximum absolute atomic E-state index is 12.0. The summed E-state index contributed by atoms with van der Waals surface area (Å²) in [6.07, 6.45) is 0. The van der Waals surface area contributed by atoms with Crippen molar-refractivity contribution in [3.8, 4) is 0 Å². The van der Waals surface area contributed by atoms with Crippen LogP contribution in [0.2, 0.25) is 5.02 Å². The number of nitrogens with one attached hydrogen (secondary N) is 1. The summed E-state index contributed by atoms with van der Waals surface area (Å²) in [6, 6.07) is 12.9. The van der Waals surface area contributed by atoms with Crippen LogP contribution in [0.15, 0.2) is 48.5 Å². The average Bonchev–Trinajstić information content (AvgIpc) is 2.45. The van der Waals surface area contributed by atoms with Crippen molar-refractivity contribution >= 4 is 23.2 Å². The van der Waals surface area contributed by atoms with Crippen LogP contribution in [-0.4, -0.2) is 10.8 Å². The largest absolute Gasteiger partial charge is 0.348 e. The summed E-state index contributed by atoms with van der Waals surface area (Å²) in [7, 11) is 0. The Morgan fingerprint density at radius 1 is 1.20 bits per heavy atom. The third-order valence-electron chi connectivity index (χ3n) is 2.69. The van der Waals surface area contributed by atoms with Crippen LogP contribution in [0.25, 0.3) is 0 Å². The van der Waals surface area contributed by atoms with Gasteiger partial charge in [0.25, 0.3) is 11.6 Å². The highest BCUT2D eigenvalue weighted by atomic mass is 35.5. The number of amides is 1. The van der Waals surface area contributed by atoms with Crippen LogP contribution in [0.4, 0.5) is 5.69 Å². The van der Waals surface area contributed by atoms with E-state index in [0.717, 1.165) is 5.56 Å². The smallest absolute Gasteiger partial charge is 0.282 e. The monoisotopic (exact) mass is 290 g/mol. The summed E-state index contributed by atoms with van der Waals surface area (Å²) in [5.74, 6) is -0.489. The van der Waals surface area contributed by atoms with Gasteiger partial charge in [0.1, 0.15) is 5.56 Å². The van der Waals surface area contributed by atoms with E-state index in [1.165, 1.54) is 18.2 Å². The van der Waals surface area contributed by atoms with Crippen molar-refractivity contribution in [3.05, 3.63) is 74.8 Å². The van der Waals surface area contributed by atoms with Gasteiger partial charge in [0.15, 0.2) is 0 Å². The first-order valence-electron chi connectivity index (χ1n) is 5.84. The summed E-state index contributed by atoms with van der Waals surface area (Å²) in [4.78, 5) is 22.3. The Morgan fingerprint density at radius 3 is 2.65 bits per heavy atom. The summed E-state index contributed by atoms with van der Waals surface area (Å²) in [5, 5.41) is 14.1. The molecule has 20 heavy (non-hydrogen) atoms. The van der Waals surface area contributed by atoms with E-state index in [-0.39, 0.29) is 17.8 Å². The molecule has 0 bridgehead atoms. The number of nitro benzene ring substituents is 1. The van der Waals surface area contributed by atoms with Crippen LogP contribution < -0.4 is 5.32 Å². The number of carbonyl (C=O) groups is 1. The first-order valence-corrected chi connectivity index (χ1v) is 6.22. The van der Waals surface area contributed by atoms with Crippen molar-refractivity contribution in [2.75, 3.05) is 0 Å². The van der Waals surface area contributed by atoms with Crippen molar-refractivity contribution in [1.29, 1.82) is 0 Å². The molecule has 1 N–H and O–H groups in total. The number of hydrogen-bond donors (Lipinski definition) is 1. The van der Waals surface area contributed by atoms with Crippen molar-refractivity contribution in [2.24, 2.45) is 0 Å². The third kappa shape index (κ3) is 3.33. The van der Waals surface area contributed by atoms with Gasteiger partial charge in [-0.25, -0.2) is 0 Å². The Labute approximate surface area is 120 Å². The fourth-order valence-electron chi connectivity index (χ4n) is 1.75. The minimum absolute atomic E-state index is 0.0412. The Kier molecular flexibility index (Phi) is 4.32. The fraction of sp³-hybridized carbons (Fsp3) is 0.0714.